The van der Waals surface area contributed by atoms with Crippen LogP contribution in [0.25, 0.3) is 11.0 Å². The highest BCUT2D eigenvalue weighted by atomic mass is 16.5. The van der Waals surface area contributed by atoms with E-state index in [9.17, 15) is 4.79 Å². The van der Waals surface area contributed by atoms with E-state index < -0.39 is 6.10 Å². The predicted molar refractivity (Wildman–Crippen MR) is 74.5 cm³/mol. The fourth-order valence-corrected chi connectivity index (χ4v) is 2.48. The first kappa shape index (κ1) is 12.9. The number of hydrogen-bond donors (Lipinski definition) is 1. The second-order valence-electron chi connectivity index (χ2n) is 4.78. The van der Waals surface area contributed by atoms with Crippen LogP contribution in [0, 0.1) is 0 Å². The first-order valence-electron chi connectivity index (χ1n) is 6.55. The maximum Gasteiger partial charge on any atom is 0.250 e. The Kier molecular flexibility index (Phi) is 3.27. The molecule has 1 N–H and O–H groups in total. The third-order valence-electron chi connectivity index (χ3n) is 3.55. The summed E-state index contributed by atoms with van der Waals surface area (Å²) in [4.78, 5) is 22.4. The van der Waals surface area contributed by atoms with Crippen LogP contribution in [-0.4, -0.2) is 53.3 Å². The van der Waals surface area contributed by atoms with Crippen molar-refractivity contribution in [3.05, 3.63) is 18.6 Å². The Morgan fingerprint density at radius 1 is 1.50 bits per heavy atom. The summed E-state index contributed by atoms with van der Waals surface area (Å²) in [6, 6.07) is 2.00. The SMILES string of the molecule is CNC(=O)C1CN(c2ncnc3c2ccn3C)CCO1. The minimum absolute atomic E-state index is 0.104. The van der Waals surface area contributed by atoms with Crippen molar-refractivity contribution < 1.29 is 9.53 Å². The van der Waals surface area contributed by atoms with Crippen molar-refractivity contribution in [2.45, 2.75) is 6.10 Å². The maximum atomic E-state index is 11.7. The van der Waals surface area contributed by atoms with E-state index in [1.807, 2.05) is 23.9 Å². The maximum absolute atomic E-state index is 11.7. The number of morpholine rings is 1. The zero-order valence-electron chi connectivity index (χ0n) is 11.5. The number of hydrogen-bond acceptors (Lipinski definition) is 5. The fourth-order valence-electron chi connectivity index (χ4n) is 2.48. The van der Waals surface area contributed by atoms with Crippen LogP contribution in [0.3, 0.4) is 0 Å². The number of aryl methyl sites for hydroxylation is 1. The Hall–Kier alpha value is -2.15. The molecule has 1 fully saturated rings. The number of aromatic nitrogens is 3. The molecule has 1 saturated heterocycles. The highest BCUT2D eigenvalue weighted by molar-refractivity contribution is 5.88. The van der Waals surface area contributed by atoms with Gasteiger partial charge in [0.1, 0.15) is 17.8 Å². The summed E-state index contributed by atoms with van der Waals surface area (Å²) in [5.41, 5.74) is 0.887. The first-order chi connectivity index (χ1) is 9.70. The molecule has 1 aliphatic rings. The quantitative estimate of drug-likeness (QED) is 0.830. The van der Waals surface area contributed by atoms with Crippen molar-refractivity contribution in [3.63, 3.8) is 0 Å². The lowest BCUT2D eigenvalue weighted by Crippen LogP contribution is -2.49. The largest absolute Gasteiger partial charge is 0.365 e. The van der Waals surface area contributed by atoms with Gasteiger partial charge in [-0.3, -0.25) is 4.79 Å². The number of carbonyl (C=O) groups is 1. The van der Waals surface area contributed by atoms with Gasteiger partial charge in [0.25, 0.3) is 5.91 Å². The number of ether oxygens (including phenoxy) is 1. The van der Waals surface area contributed by atoms with Gasteiger partial charge in [0.05, 0.1) is 18.5 Å². The molecule has 7 heteroatoms. The molecule has 1 unspecified atom stereocenters. The number of nitrogens with one attached hydrogen (secondary N) is 1. The van der Waals surface area contributed by atoms with Crippen molar-refractivity contribution in [2.75, 3.05) is 31.6 Å². The summed E-state index contributed by atoms with van der Waals surface area (Å²) in [7, 11) is 3.57. The summed E-state index contributed by atoms with van der Waals surface area (Å²) >= 11 is 0. The van der Waals surface area contributed by atoms with Crippen molar-refractivity contribution >= 4 is 22.8 Å². The van der Waals surface area contributed by atoms with Crippen LogP contribution in [0.5, 0.6) is 0 Å². The van der Waals surface area contributed by atoms with Crippen LogP contribution in [0.2, 0.25) is 0 Å². The van der Waals surface area contributed by atoms with Gasteiger partial charge in [-0.1, -0.05) is 0 Å². The molecule has 0 aromatic carbocycles. The van der Waals surface area contributed by atoms with Crippen LogP contribution in [-0.2, 0) is 16.6 Å². The monoisotopic (exact) mass is 275 g/mol. The third-order valence-corrected chi connectivity index (χ3v) is 3.55. The number of nitrogens with zero attached hydrogens (tertiary/aromatic N) is 4. The van der Waals surface area contributed by atoms with Crippen LogP contribution in [0.1, 0.15) is 0 Å². The van der Waals surface area contributed by atoms with Gasteiger partial charge in [0.2, 0.25) is 0 Å². The molecule has 1 amide bonds. The van der Waals surface area contributed by atoms with Crippen LogP contribution in [0.15, 0.2) is 18.6 Å². The Labute approximate surface area is 116 Å². The third kappa shape index (κ3) is 2.09. The van der Waals surface area contributed by atoms with Crippen LogP contribution >= 0.6 is 0 Å². The Morgan fingerprint density at radius 3 is 3.15 bits per heavy atom. The van der Waals surface area contributed by atoms with Crippen molar-refractivity contribution in [1.29, 1.82) is 0 Å². The van der Waals surface area contributed by atoms with Gasteiger partial charge in [0, 0.05) is 26.8 Å². The molecule has 106 valence electrons. The second kappa shape index (κ2) is 5.09. The van der Waals surface area contributed by atoms with Gasteiger partial charge in [-0.25, -0.2) is 9.97 Å². The van der Waals surface area contributed by atoms with Gasteiger partial charge >= 0.3 is 0 Å². The van der Waals surface area contributed by atoms with Crippen LogP contribution < -0.4 is 10.2 Å². The fraction of sp³-hybridized carbons (Fsp3) is 0.462. The minimum atomic E-state index is -0.456. The minimum Gasteiger partial charge on any atom is -0.365 e. The van der Waals surface area contributed by atoms with E-state index in [4.69, 9.17) is 4.74 Å². The molecular formula is C13H17N5O2. The smallest absolute Gasteiger partial charge is 0.250 e. The average Bonchev–Trinajstić information content (AvgIpc) is 2.88. The second-order valence-corrected chi connectivity index (χ2v) is 4.78. The molecule has 0 bridgehead atoms. The molecule has 0 radical (unpaired) electrons. The molecule has 3 heterocycles. The molecule has 0 saturated carbocycles. The molecular weight excluding hydrogens is 258 g/mol. The average molecular weight is 275 g/mol. The Morgan fingerprint density at radius 2 is 2.35 bits per heavy atom. The van der Waals surface area contributed by atoms with E-state index in [2.05, 4.69) is 20.2 Å². The number of anilines is 1. The summed E-state index contributed by atoms with van der Waals surface area (Å²) in [5, 5.41) is 3.61. The molecule has 20 heavy (non-hydrogen) atoms. The molecule has 1 atom stereocenters. The highest BCUT2D eigenvalue weighted by Gasteiger charge is 2.27. The Bertz CT molecular complexity index is 639. The standard InChI is InChI=1S/C13H17N5O2/c1-14-13(19)10-7-18(5-6-20-10)12-9-3-4-17(2)11(9)15-8-16-12/h3-4,8,10H,5-7H2,1-2H3,(H,14,19). The Balaban J connectivity index is 1.92. The summed E-state index contributed by atoms with van der Waals surface area (Å²) in [6.07, 6.45) is 3.06. The zero-order chi connectivity index (χ0) is 14.1. The van der Waals surface area contributed by atoms with Crippen LogP contribution in [0.4, 0.5) is 5.82 Å². The predicted octanol–water partition coefficient (Wildman–Crippen LogP) is -0.0805. The van der Waals surface area contributed by atoms with E-state index in [-0.39, 0.29) is 5.91 Å². The topological polar surface area (TPSA) is 72.3 Å². The molecule has 2 aromatic heterocycles. The van der Waals surface area contributed by atoms with Crippen molar-refractivity contribution in [3.8, 4) is 0 Å². The van der Waals surface area contributed by atoms with Gasteiger partial charge < -0.3 is 19.5 Å². The summed E-state index contributed by atoms with van der Waals surface area (Å²) < 4.78 is 7.45. The number of carbonyl (C=O) groups excluding carboxylic acids is 1. The lowest BCUT2D eigenvalue weighted by Gasteiger charge is -2.32. The highest BCUT2D eigenvalue weighted by Crippen LogP contribution is 2.24. The number of fused-ring (bicyclic) bond motifs is 1. The van der Waals surface area contributed by atoms with E-state index in [1.165, 1.54) is 0 Å². The molecule has 0 spiro atoms. The molecule has 2 aromatic rings. The zero-order valence-corrected chi connectivity index (χ0v) is 11.5. The van der Waals surface area contributed by atoms with Gasteiger partial charge in [-0.05, 0) is 6.07 Å². The first-order valence-corrected chi connectivity index (χ1v) is 6.55. The number of rotatable bonds is 2. The van der Waals surface area contributed by atoms with Gasteiger partial charge in [0.15, 0.2) is 6.10 Å². The van der Waals surface area contributed by atoms with E-state index in [1.54, 1.807) is 13.4 Å². The van der Waals surface area contributed by atoms with Gasteiger partial charge in [-0.2, -0.15) is 0 Å². The van der Waals surface area contributed by atoms with Crippen molar-refractivity contribution in [1.82, 2.24) is 19.9 Å². The normalized spacial score (nSPS) is 19.3. The number of likely N-dealkylation sites (N-methyl/N-ethyl adjacent to an activating group) is 1. The molecule has 1 aliphatic heterocycles. The molecule has 3 rings (SSSR count). The van der Waals surface area contributed by atoms with E-state index >= 15 is 0 Å². The van der Waals surface area contributed by atoms with E-state index in [0.717, 1.165) is 16.9 Å². The number of amides is 1. The lowest BCUT2D eigenvalue weighted by molar-refractivity contribution is -0.132. The van der Waals surface area contributed by atoms with E-state index in [0.29, 0.717) is 19.7 Å². The van der Waals surface area contributed by atoms with Gasteiger partial charge in [-0.15, -0.1) is 0 Å². The summed E-state index contributed by atoms with van der Waals surface area (Å²) in [6.45, 7) is 1.73. The van der Waals surface area contributed by atoms with Crippen molar-refractivity contribution in [2.24, 2.45) is 7.05 Å². The summed E-state index contributed by atoms with van der Waals surface area (Å²) in [5.74, 6) is 0.751. The molecule has 0 aliphatic carbocycles. The lowest BCUT2D eigenvalue weighted by atomic mass is 10.2. The molecule has 7 nitrogen and oxygen atoms in total.